The van der Waals surface area contributed by atoms with Gasteiger partial charge in [-0.1, -0.05) is 30.3 Å². The van der Waals surface area contributed by atoms with E-state index in [0.717, 1.165) is 11.1 Å². The molecule has 2 heterocycles. The number of carbonyl (C=O) groups excluding carboxylic acids is 2. The summed E-state index contributed by atoms with van der Waals surface area (Å²) in [4.78, 5) is 32.4. The van der Waals surface area contributed by atoms with Crippen LogP contribution in [0, 0.1) is 6.92 Å². The minimum Gasteiger partial charge on any atom is -0.465 e. The highest BCUT2D eigenvalue weighted by atomic mass is 16.3. The zero-order chi connectivity index (χ0) is 23.5. The van der Waals surface area contributed by atoms with Crippen LogP contribution in [0.2, 0.25) is 0 Å². The van der Waals surface area contributed by atoms with Crippen molar-refractivity contribution in [1.82, 2.24) is 20.6 Å². The predicted octanol–water partition coefficient (Wildman–Crippen LogP) is 2.83. The highest BCUT2D eigenvalue weighted by Crippen LogP contribution is 2.24. The van der Waals surface area contributed by atoms with Gasteiger partial charge in [-0.25, -0.2) is 9.97 Å². The molecule has 3 rings (SSSR count). The van der Waals surface area contributed by atoms with Gasteiger partial charge in [0, 0.05) is 50.3 Å². The van der Waals surface area contributed by atoms with Crippen molar-refractivity contribution in [3.05, 3.63) is 66.1 Å². The van der Waals surface area contributed by atoms with Gasteiger partial charge in [0.2, 0.25) is 11.8 Å². The number of furan rings is 1. The average molecular weight is 449 g/mol. The summed E-state index contributed by atoms with van der Waals surface area (Å²) in [6, 6.07) is 13.2. The zero-order valence-electron chi connectivity index (χ0n) is 18.7. The molecular weight excluding hydrogens is 420 g/mol. The first kappa shape index (κ1) is 23.5. The Balaban J connectivity index is 1.63. The van der Waals surface area contributed by atoms with Crippen LogP contribution in [-0.4, -0.2) is 48.0 Å². The predicted molar refractivity (Wildman–Crippen MR) is 129 cm³/mol. The molecule has 2 aromatic heterocycles. The van der Waals surface area contributed by atoms with Crippen molar-refractivity contribution in [3.8, 4) is 11.4 Å². The Morgan fingerprint density at radius 2 is 1.58 bits per heavy atom. The van der Waals surface area contributed by atoms with Crippen LogP contribution in [0.25, 0.3) is 17.5 Å². The van der Waals surface area contributed by atoms with E-state index >= 15 is 0 Å². The van der Waals surface area contributed by atoms with E-state index in [9.17, 15) is 9.59 Å². The molecule has 0 radical (unpaired) electrons. The fraction of sp³-hybridized carbons (Fsp3) is 0.250. The number of nitrogens with one attached hydrogen (secondary N) is 4. The second-order valence-corrected chi connectivity index (χ2v) is 7.21. The lowest BCUT2D eigenvalue weighted by molar-refractivity contribution is -0.119. The maximum absolute atomic E-state index is 12.0. The largest absolute Gasteiger partial charge is 0.465 e. The molecule has 0 aliphatic heterocycles. The van der Waals surface area contributed by atoms with E-state index in [0.29, 0.717) is 49.4 Å². The molecular formula is C24H28N6O3. The Kier molecular flexibility index (Phi) is 8.58. The second kappa shape index (κ2) is 12.0. The van der Waals surface area contributed by atoms with Crippen LogP contribution in [0.4, 0.5) is 11.6 Å². The van der Waals surface area contributed by atoms with Crippen LogP contribution in [0.15, 0.2) is 59.2 Å². The molecule has 0 spiro atoms. The first-order valence-corrected chi connectivity index (χ1v) is 10.7. The van der Waals surface area contributed by atoms with Crippen molar-refractivity contribution in [2.24, 2.45) is 0 Å². The van der Waals surface area contributed by atoms with E-state index in [1.54, 1.807) is 24.5 Å². The molecule has 0 aliphatic rings. The highest BCUT2D eigenvalue weighted by molar-refractivity contribution is 5.91. The Bertz CT molecular complexity index is 1080. The van der Waals surface area contributed by atoms with Gasteiger partial charge in [0.05, 0.1) is 6.26 Å². The number of nitrogens with zero attached hydrogens (tertiary/aromatic N) is 2. The molecule has 1 aromatic carbocycles. The maximum Gasteiger partial charge on any atom is 0.244 e. The molecule has 0 atom stereocenters. The van der Waals surface area contributed by atoms with Crippen LogP contribution < -0.4 is 21.3 Å². The number of hydrogen-bond acceptors (Lipinski definition) is 7. The number of benzene rings is 1. The fourth-order valence-electron chi connectivity index (χ4n) is 2.97. The number of amides is 2. The molecule has 9 nitrogen and oxygen atoms in total. The number of carbonyl (C=O) groups is 2. The normalized spacial score (nSPS) is 10.7. The summed E-state index contributed by atoms with van der Waals surface area (Å²) in [6.45, 7) is 5.32. The van der Waals surface area contributed by atoms with Crippen molar-refractivity contribution in [3.63, 3.8) is 0 Å². The third-order valence-electron chi connectivity index (χ3n) is 4.63. The zero-order valence-corrected chi connectivity index (χ0v) is 18.7. The van der Waals surface area contributed by atoms with E-state index in [-0.39, 0.29) is 11.8 Å². The molecule has 0 aliphatic carbocycles. The molecule has 172 valence electrons. The van der Waals surface area contributed by atoms with Crippen molar-refractivity contribution in [1.29, 1.82) is 0 Å². The standard InChI is InChI=1S/C24H28N6O3/c1-17-22(27-14-12-25-18(2)31)29-24(19-7-4-3-5-8-19)30-23(17)28-15-13-26-21(32)11-10-20-9-6-16-33-20/h3-11,16H,12-15H2,1-2H3,(H,25,31)(H,26,32)(H2,27,28,29,30)/b11-10+. The van der Waals surface area contributed by atoms with Gasteiger partial charge in [-0.2, -0.15) is 0 Å². The summed E-state index contributed by atoms with van der Waals surface area (Å²) < 4.78 is 5.17. The Morgan fingerprint density at radius 3 is 2.18 bits per heavy atom. The number of rotatable bonds is 11. The summed E-state index contributed by atoms with van der Waals surface area (Å²) in [5, 5.41) is 12.1. The SMILES string of the molecule is CC(=O)NCCNc1nc(-c2ccccc2)nc(NCCNC(=O)/C=C/c2ccco2)c1C. The summed E-state index contributed by atoms with van der Waals surface area (Å²) in [6.07, 6.45) is 4.60. The smallest absolute Gasteiger partial charge is 0.244 e. The van der Waals surface area contributed by atoms with Crippen LogP contribution in [-0.2, 0) is 9.59 Å². The molecule has 0 unspecified atom stereocenters. The lowest BCUT2D eigenvalue weighted by Gasteiger charge is -2.15. The second-order valence-electron chi connectivity index (χ2n) is 7.21. The first-order chi connectivity index (χ1) is 16.0. The lowest BCUT2D eigenvalue weighted by Crippen LogP contribution is -2.28. The van der Waals surface area contributed by atoms with Gasteiger partial charge >= 0.3 is 0 Å². The van der Waals surface area contributed by atoms with E-state index in [2.05, 4.69) is 31.2 Å². The van der Waals surface area contributed by atoms with Gasteiger partial charge < -0.3 is 25.7 Å². The molecule has 33 heavy (non-hydrogen) atoms. The van der Waals surface area contributed by atoms with Crippen LogP contribution in [0.3, 0.4) is 0 Å². The van der Waals surface area contributed by atoms with Crippen LogP contribution in [0.5, 0.6) is 0 Å². The monoisotopic (exact) mass is 448 g/mol. The van der Waals surface area contributed by atoms with Crippen LogP contribution >= 0.6 is 0 Å². The van der Waals surface area contributed by atoms with Crippen molar-refractivity contribution in [2.45, 2.75) is 13.8 Å². The van der Waals surface area contributed by atoms with Gasteiger partial charge in [-0.3, -0.25) is 9.59 Å². The molecule has 4 N–H and O–H groups in total. The van der Waals surface area contributed by atoms with E-state index < -0.39 is 0 Å². The van der Waals surface area contributed by atoms with Gasteiger partial charge in [0.25, 0.3) is 0 Å². The summed E-state index contributed by atoms with van der Waals surface area (Å²) in [5.74, 6) is 2.26. The Hall–Kier alpha value is -4.14. The summed E-state index contributed by atoms with van der Waals surface area (Å²) >= 11 is 0. The minimum atomic E-state index is -0.210. The fourth-order valence-corrected chi connectivity index (χ4v) is 2.97. The number of aromatic nitrogens is 2. The summed E-state index contributed by atoms with van der Waals surface area (Å²) in [7, 11) is 0. The quantitative estimate of drug-likeness (QED) is 0.263. The summed E-state index contributed by atoms with van der Waals surface area (Å²) in [5.41, 5.74) is 1.74. The van der Waals surface area contributed by atoms with E-state index in [1.807, 2.05) is 37.3 Å². The van der Waals surface area contributed by atoms with Gasteiger partial charge in [0.1, 0.15) is 17.4 Å². The molecule has 0 fully saturated rings. The molecule has 9 heteroatoms. The number of anilines is 2. The molecule has 2 amide bonds. The van der Waals surface area contributed by atoms with Crippen molar-refractivity contribution < 1.29 is 14.0 Å². The molecule has 0 saturated carbocycles. The van der Waals surface area contributed by atoms with Crippen molar-refractivity contribution in [2.75, 3.05) is 36.8 Å². The van der Waals surface area contributed by atoms with E-state index in [4.69, 9.17) is 4.42 Å². The lowest BCUT2D eigenvalue weighted by atomic mass is 10.2. The van der Waals surface area contributed by atoms with Gasteiger partial charge in [0.15, 0.2) is 5.82 Å². The Morgan fingerprint density at radius 1 is 0.909 bits per heavy atom. The third-order valence-corrected chi connectivity index (χ3v) is 4.63. The van der Waals surface area contributed by atoms with Crippen molar-refractivity contribution >= 4 is 29.5 Å². The minimum absolute atomic E-state index is 0.0791. The third kappa shape index (κ3) is 7.49. The molecule has 3 aromatic rings. The Labute approximate surface area is 192 Å². The topological polar surface area (TPSA) is 121 Å². The maximum atomic E-state index is 12.0. The van der Waals surface area contributed by atoms with E-state index in [1.165, 1.54) is 13.0 Å². The number of hydrogen-bond donors (Lipinski definition) is 4. The van der Waals surface area contributed by atoms with Gasteiger partial charge in [-0.15, -0.1) is 0 Å². The highest BCUT2D eigenvalue weighted by Gasteiger charge is 2.12. The van der Waals surface area contributed by atoms with Crippen LogP contribution in [0.1, 0.15) is 18.2 Å². The van der Waals surface area contributed by atoms with Gasteiger partial charge in [-0.05, 0) is 25.1 Å². The average Bonchev–Trinajstić information content (AvgIpc) is 3.34. The first-order valence-electron chi connectivity index (χ1n) is 10.7. The molecule has 0 saturated heterocycles. The molecule has 0 bridgehead atoms.